The number of nitrogens with two attached hydrogens (primary N) is 1. The Morgan fingerprint density at radius 2 is 2.33 bits per heavy atom. The zero-order valence-electron chi connectivity index (χ0n) is 12.1. The van der Waals surface area contributed by atoms with Gasteiger partial charge in [-0.25, -0.2) is 9.97 Å². The van der Waals surface area contributed by atoms with Crippen molar-refractivity contribution in [2.24, 2.45) is 0 Å². The number of hydrogen-bond donors (Lipinski definition) is 2. The van der Waals surface area contributed by atoms with E-state index >= 15 is 0 Å². The fourth-order valence-electron chi connectivity index (χ4n) is 1.82. The first-order valence-electron chi connectivity index (χ1n) is 6.75. The Morgan fingerprint density at radius 1 is 1.52 bits per heavy atom. The standard InChI is InChI=1S/C13H19N5OS2/c1-3-7-18(2)13-17-11(14)10(21-13)12(19)16-5-4-9-15-6-8-20-9/h6,8H,3-5,7,14H2,1-2H3,(H,16,19). The Kier molecular flexibility index (Phi) is 5.51. The van der Waals surface area contributed by atoms with Crippen LogP contribution < -0.4 is 16.0 Å². The molecule has 2 aromatic heterocycles. The van der Waals surface area contributed by atoms with Gasteiger partial charge in [0.15, 0.2) is 5.13 Å². The molecule has 21 heavy (non-hydrogen) atoms. The number of rotatable bonds is 7. The highest BCUT2D eigenvalue weighted by atomic mass is 32.1. The van der Waals surface area contributed by atoms with E-state index in [0.717, 1.165) is 29.5 Å². The van der Waals surface area contributed by atoms with Gasteiger partial charge >= 0.3 is 0 Å². The summed E-state index contributed by atoms with van der Waals surface area (Å²) < 4.78 is 0. The molecule has 0 fully saturated rings. The van der Waals surface area contributed by atoms with Gasteiger partial charge < -0.3 is 16.0 Å². The highest BCUT2D eigenvalue weighted by Gasteiger charge is 2.17. The first-order chi connectivity index (χ1) is 10.1. The Bertz CT molecular complexity index is 581. The lowest BCUT2D eigenvalue weighted by Crippen LogP contribution is -2.25. The number of nitrogens with zero attached hydrogens (tertiary/aromatic N) is 3. The summed E-state index contributed by atoms with van der Waals surface area (Å²) in [6, 6.07) is 0. The summed E-state index contributed by atoms with van der Waals surface area (Å²) in [6.07, 6.45) is 3.51. The summed E-state index contributed by atoms with van der Waals surface area (Å²) >= 11 is 2.91. The molecule has 3 N–H and O–H groups in total. The maximum Gasteiger partial charge on any atom is 0.265 e. The molecule has 0 aromatic carbocycles. The Balaban J connectivity index is 1.92. The molecule has 0 atom stereocenters. The summed E-state index contributed by atoms with van der Waals surface area (Å²) in [4.78, 5) is 23.1. The molecule has 114 valence electrons. The SMILES string of the molecule is CCCN(C)c1nc(N)c(C(=O)NCCc2nccs2)s1. The number of amides is 1. The van der Waals surface area contributed by atoms with E-state index in [1.165, 1.54) is 11.3 Å². The fraction of sp³-hybridized carbons (Fsp3) is 0.462. The molecule has 0 radical (unpaired) electrons. The molecule has 0 saturated heterocycles. The third-order valence-corrected chi connectivity index (χ3v) is 4.87. The lowest BCUT2D eigenvalue weighted by atomic mass is 10.4. The van der Waals surface area contributed by atoms with E-state index in [9.17, 15) is 4.79 Å². The molecule has 0 aliphatic rings. The van der Waals surface area contributed by atoms with Crippen molar-refractivity contribution >= 4 is 39.5 Å². The maximum absolute atomic E-state index is 12.1. The molecule has 8 heteroatoms. The van der Waals surface area contributed by atoms with Gasteiger partial charge in [0.2, 0.25) is 0 Å². The number of thiazole rings is 2. The monoisotopic (exact) mass is 325 g/mol. The van der Waals surface area contributed by atoms with Crippen LogP contribution in [0, 0.1) is 0 Å². The molecular formula is C13H19N5OS2. The van der Waals surface area contributed by atoms with Gasteiger partial charge in [0.25, 0.3) is 5.91 Å². The van der Waals surface area contributed by atoms with Crippen LogP contribution in [0.5, 0.6) is 0 Å². The van der Waals surface area contributed by atoms with Crippen molar-refractivity contribution in [2.75, 3.05) is 30.8 Å². The smallest absolute Gasteiger partial charge is 0.265 e. The van der Waals surface area contributed by atoms with Crippen LogP contribution in [0.4, 0.5) is 10.9 Å². The summed E-state index contributed by atoms with van der Waals surface area (Å²) in [5, 5.41) is 6.57. The van der Waals surface area contributed by atoms with Crippen molar-refractivity contribution in [3.8, 4) is 0 Å². The predicted molar refractivity (Wildman–Crippen MR) is 88.2 cm³/mol. The second kappa shape index (κ2) is 7.37. The number of anilines is 2. The third-order valence-electron chi connectivity index (χ3n) is 2.84. The predicted octanol–water partition coefficient (Wildman–Crippen LogP) is 2.00. The normalized spacial score (nSPS) is 10.6. The molecule has 2 aromatic rings. The molecule has 2 rings (SSSR count). The van der Waals surface area contributed by atoms with E-state index in [2.05, 4.69) is 22.2 Å². The van der Waals surface area contributed by atoms with Crippen molar-refractivity contribution in [1.29, 1.82) is 0 Å². The Morgan fingerprint density at radius 3 is 3.00 bits per heavy atom. The average molecular weight is 325 g/mol. The zero-order valence-corrected chi connectivity index (χ0v) is 13.8. The number of nitrogens with one attached hydrogen (secondary N) is 1. The number of carbonyl (C=O) groups excluding carboxylic acids is 1. The molecule has 6 nitrogen and oxygen atoms in total. The second-order valence-electron chi connectivity index (χ2n) is 4.56. The molecule has 1 amide bonds. The first kappa shape index (κ1) is 15.7. The average Bonchev–Trinajstić information content (AvgIpc) is 3.08. The second-order valence-corrected chi connectivity index (χ2v) is 6.52. The third kappa shape index (κ3) is 4.15. The van der Waals surface area contributed by atoms with Gasteiger partial charge in [0, 0.05) is 38.1 Å². The molecule has 0 spiro atoms. The summed E-state index contributed by atoms with van der Waals surface area (Å²) in [7, 11) is 1.95. The van der Waals surface area contributed by atoms with Crippen LogP contribution in [0.1, 0.15) is 28.0 Å². The van der Waals surface area contributed by atoms with E-state index in [0.29, 0.717) is 17.2 Å². The summed E-state index contributed by atoms with van der Waals surface area (Å²) in [6.45, 7) is 3.53. The van der Waals surface area contributed by atoms with Crippen LogP contribution in [0.3, 0.4) is 0 Å². The fourth-order valence-corrected chi connectivity index (χ4v) is 3.33. The maximum atomic E-state index is 12.1. The molecule has 0 unspecified atom stereocenters. The van der Waals surface area contributed by atoms with Gasteiger partial charge in [-0.05, 0) is 6.42 Å². The van der Waals surface area contributed by atoms with Gasteiger partial charge in [-0.2, -0.15) is 0 Å². The summed E-state index contributed by atoms with van der Waals surface area (Å²) in [5.41, 5.74) is 5.84. The van der Waals surface area contributed by atoms with E-state index in [1.807, 2.05) is 17.3 Å². The number of carbonyl (C=O) groups is 1. The van der Waals surface area contributed by atoms with Crippen LogP contribution in [0.25, 0.3) is 0 Å². The zero-order chi connectivity index (χ0) is 15.2. The van der Waals surface area contributed by atoms with Gasteiger partial charge in [-0.1, -0.05) is 18.3 Å². The number of aromatic nitrogens is 2. The van der Waals surface area contributed by atoms with E-state index in [-0.39, 0.29) is 5.91 Å². The largest absolute Gasteiger partial charge is 0.382 e. The summed E-state index contributed by atoms with van der Waals surface area (Å²) in [5.74, 6) is 0.127. The van der Waals surface area contributed by atoms with Gasteiger partial charge in [0.05, 0.1) is 5.01 Å². The lowest BCUT2D eigenvalue weighted by Gasteiger charge is -2.13. The van der Waals surface area contributed by atoms with Crippen molar-refractivity contribution in [1.82, 2.24) is 15.3 Å². The lowest BCUT2D eigenvalue weighted by molar-refractivity contribution is 0.0959. The molecule has 0 saturated carbocycles. The molecule has 2 heterocycles. The quantitative estimate of drug-likeness (QED) is 0.813. The molecule has 0 aliphatic carbocycles. The van der Waals surface area contributed by atoms with Crippen LogP contribution in [0.2, 0.25) is 0 Å². The minimum Gasteiger partial charge on any atom is -0.382 e. The highest BCUT2D eigenvalue weighted by Crippen LogP contribution is 2.27. The van der Waals surface area contributed by atoms with E-state index in [4.69, 9.17) is 5.73 Å². The minimum absolute atomic E-state index is 0.169. The van der Waals surface area contributed by atoms with Gasteiger partial charge in [-0.3, -0.25) is 4.79 Å². The van der Waals surface area contributed by atoms with Crippen LogP contribution >= 0.6 is 22.7 Å². The van der Waals surface area contributed by atoms with Crippen LogP contribution in [0.15, 0.2) is 11.6 Å². The molecule has 0 aliphatic heterocycles. The Labute approximate surface area is 132 Å². The van der Waals surface area contributed by atoms with Crippen LogP contribution in [-0.4, -0.2) is 36.0 Å². The van der Waals surface area contributed by atoms with Crippen molar-refractivity contribution in [2.45, 2.75) is 19.8 Å². The van der Waals surface area contributed by atoms with Gasteiger partial charge in [0.1, 0.15) is 10.7 Å². The number of nitrogen functional groups attached to an aromatic ring is 1. The number of hydrogen-bond acceptors (Lipinski definition) is 7. The Hall–Kier alpha value is -1.67. The van der Waals surface area contributed by atoms with Gasteiger partial charge in [-0.15, -0.1) is 11.3 Å². The highest BCUT2D eigenvalue weighted by molar-refractivity contribution is 7.18. The van der Waals surface area contributed by atoms with Crippen molar-refractivity contribution < 1.29 is 4.79 Å². The van der Waals surface area contributed by atoms with E-state index in [1.54, 1.807) is 17.5 Å². The molecular weight excluding hydrogens is 306 g/mol. The van der Waals surface area contributed by atoms with Crippen LogP contribution in [-0.2, 0) is 6.42 Å². The topological polar surface area (TPSA) is 84.1 Å². The minimum atomic E-state index is -0.169. The molecule has 0 bridgehead atoms. The van der Waals surface area contributed by atoms with E-state index < -0.39 is 0 Å². The first-order valence-corrected chi connectivity index (χ1v) is 8.45. The van der Waals surface area contributed by atoms with Crippen molar-refractivity contribution in [3.05, 3.63) is 21.5 Å². The van der Waals surface area contributed by atoms with Crippen molar-refractivity contribution in [3.63, 3.8) is 0 Å².